The van der Waals surface area contributed by atoms with Crippen molar-refractivity contribution in [2.75, 3.05) is 37.7 Å². The highest BCUT2D eigenvalue weighted by Gasteiger charge is 2.21. The fraction of sp³-hybridized carbons (Fsp3) is 0.444. The van der Waals surface area contributed by atoms with Gasteiger partial charge in [0.25, 0.3) is 0 Å². The fourth-order valence-corrected chi connectivity index (χ4v) is 3.31. The Balaban J connectivity index is 1.46. The number of benzene rings is 1. The van der Waals surface area contributed by atoms with Crippen molar-refractivity contribution in [3.8, 4) is 0 Å². The van der Waals surface area contributed by atoms with E-state index < -0.39 is 11.6 Å². The molecule has 2 aliphatic rings. The van der Waals surface area contributed by atoms with Gasteiger partial charge in [-0.2, -0.15) is 0 Å². The number of halogens is 2. The van der Waals surface area contributed by atoms with Gasteiger partial charge in [0, 0.05) is 62.5 Å². The van der Waals surface area contributed by atoms with E-state index in [1.165, 1.54) is 12.1 Å². The summed E-state index contributed by atoms with van der Waals surface area (Å²) in [7, 11) is 0. The predicted molar refractivity (Wildman–Crippen MR) is 89.2 cm³/mol. The summed E-state index contributed by atoms with van der Waals surface area (Å²) in [5.41, 5.74) is 2.65. The molecule has 0 atom stereocenters. The molecule has 1 aromatic carbocycles. The van der Waals surface area contributed by atoms with Gasteiger partial charge in [-0.25, -0.2) is 18.7 Å². The number of rotatable bonds is 3. The molecule has 132 valence electrons. The van der Waals surface area contributed by atoms with E-state index in [4.69, 9.17) is 9.72 Å². The Bertz CT molecular complexity index is 765. The number of hydrogen-bond donors (Lipinski definition) is 0. The minimum atomic E-state index is -0.547. The summed E-state index contributed by atoms with van der Waals surface area (Å²) < 4.78 is 32.2. The average molecular weight is 346 g/mol. The van der Waals surface area contributed by atoms with Crippen molar-refractivity contribution in [2.24, 2.45) is 0 Å². The second kappa shape index (κ2) is 7.01. The highest BCUT2D eigenvalue weighted by molar-refractivity contribution is 5.34. The first-order valence-electron chi connectivity index (χ1n) is 8.53. The highest BCUT2D eigenvalue weighted by atomic mass is 19.1. The van der Waals surface area contributed by atoms with Gasteiger partial charge in [-0.1, -0.05) is 6.07 Å². The number of nitrogens with zero attached hydrogens (tertiary/aromatic N) is 4. The SMILES string of the molecule is Fc1ccc(CN2CCc3nc(N4CCOCC4)ncc3C2)c(F)c1. The molecule has 0 saturated carbocycles. The molecule has 0 spiro atoms. The number of aromatic nitrogens is 2. The second-order valence-electron chi connectivity index (χ2n) is 6.44. The van der Waals surface area contributed by atoms with E-state index >= 15 is 0 Å². The van der Waals surface area contributed by atoms with Crippen LogP contribution in [0.2, 0.25) is 0 Å². The van der Waals surface area contributed by atoms with Gasteiger partial charge in [0.2, 0.25) is 5.95 Å². The maximum Gasteiger partial charge on any atom is 0.225 e. The average Bonchev–Trinajstić information content (AvgIpc) is 2.64. The second-order valence-corrected chi connectivity index (χ2v) is 6.44. The lowest BCUT2D eigenvalue weighted by Gasteiger charge is -2.30. The first kappa shape index (κ1) is 16.4. The Kier molecular flexibility index (Phi) is 4.59. The van der Waals surface area contributed by atoms with Crippen LogP contribution < -0.4 is 4.90 Å². The van der Waals surface area contributed by atoms with E-state index in [1.54, 1.807) is 0 Å². The van der Waals surface area contributed by atoms with Crippen LogP contribution in [-0.4, -0.2) is 47.7 Å². The summed E-state index contributed by atoms with van der Waals surface area (Å²) in [6.07, 6.45) is 2.68. The van der Waals surface area contributed by atoms with Gasteiger partial charge < -0.3 is 9.64 Å². The van der Waals surface area contributed by atoms with Crippen LogP contribution in [0.25, 0.3) is 0 Å². The molecule has 1 fully saturated rings. The van der Waals surface area contributed by atoms with Crippen molar-refractivity contribution < 1.29 is 13.5 Å². The zero-order chi connectivity index (χ0) is 17.2. The van der Waals surface area contributed by atoms with E-state index in [0.717, 1.165) is 49.3 Å². The summed E-state index contributed by atoms with van der Waals surface area (Å²) >= 11 is 0. The van der Waals surface area contributed by atoms with Gasteiger partial charge in [-0.15, -0.1) is 0 Å². The normalized spacial score (nSPS) is 18.2. The number of fused-ring (bicyclic) bond motifs is 1. The van der Waals surface area contributed by atoms with Crippen molar-refractivity contribution >= 4 is 5.95 Å². The predicted octanol–water partition coefficient (Wildman–Crippen LogP) is 2.15. The maximum atomic E-state index is 13.9. The summed E-state index contributed by atoms with van der Waals surface area (Å²) in [6.45, 7) is 4.97. The van der Waals surface area contributed by atoms with Crippen molar-refractivity contribution in [3.63, 3.8) is 0 Å². The van der Waals surface area contributed by atoms with Crippen LogP contribution in [0.1, 0.15) is 16.8 Å². The quantitative estimate of drug-likeness (QED) is 0.852. The smallest absolute Gasteiger partial charge is 0.225 e. The summed E-state index contributed by atoms with van der Waals surface area (Å²) in [5, 5.41) is 0. The number of hydrogen-bond acceptors (Lipinski definition) is 5. The van der Waals surface area contributed by atoms with Crippen molar-refractivity contribution in [1.82, 2.24) is 14.9 Å². The topological polar surface area (TPSA) is 41.5 Å². The van der Waals surface area contributed by atoms with E-state index in [9.17, 15) is 8.78 Å². The molecule has 25 heavy (non-hydrogen) atoms. The third-order valence-electron chi connectivity index (χ3n) is 4.70. The van der Waals surface area contributed by atoms with Crippen molar-refractivity contribution in [1.29, 1.82) is 0 Å². The van der Waals surface area contributed by atoms with Crippen molar-refractivity contribution in [3.05, 3.63) is 52.9 Å². The molecular weight excluding hydrogens is 326 g/mol. The molecule has 5 nitrogen and oxygen atoms in total. The molecule has 7 heteroatoms. The summed E-state index contributed by atoms with van der Waals surface area (Å²) in [4.78, 5) is 13.5. The molecule has 4 rings (SSSR count). The Morgan fingerprint density at radius 2 is 1.96 bits per heavy atom. The van der Waals surface area contributed by atoms with Gasteiger partial charge in [0.1, 0.15) is 11.6 Å². The molecule has 2 aliphatic heterocycles. The van der Waals surface area contributed by atoms with Crippen LogP contribution in [0.15, 0.2) is 24.4 Å². The van der Waals surface area contributed by atoms with Crippen LogP contribution in [-0.2, 0) is 24.2 Å². The molecule has 0 N–H and O–H groups in total. The minimum Gasteiger partial charge on any atom is -0.378 e. The molecule has 1 saturated heterocycles. The van der Waals surface area contributed by atoms with Crippen LogP contribution >= 0.6 is 0 Å². The number of ether oxygens (including phenoxy) is 1. The molecule has 3 heterocycles. The Labute approximate surface area is 145 Å². The molecule has 0 amide bonds. The molecular formula is C18H20F2N4O. The van der Waals surface area contributed by atoms with Gasteiger partial charge in [-0.05, 0) is 6.07 Å². The van der Waals surface area contributed by atoms with Crippen molar-refractivity contribution in [2.45, 2.75) is 19.5 Å². The lowest BCUT2D eigenvalue weighted by molar-refractivity contribution is 0.122. The standard InChI is InChI=1S/C18H20F2N4O/c19-15-2-1-13(16(20)9-15)11-23-4-3-17-14(12-23)10-21-18(22-17)24-5-7-25-8-6-24/h1-2,9-10H,3-8,11-12H2. The minimum absolute atomic E-state index is 0.455. The maximum absolute atomic E-state index is 13.9. The zero-order valence-corrected chi connectivity index (χ0v) is 13.9. The van der Waals surface area contributed by atoms with Gasteiger partial charge in [0.05, 0.1) is 18.9 Å². The molecule has 0 aliphatic carbocycles. The van der Waals surface area contributed by atoms with E-state index in [-0.39, 0.29) is 0 Å². The summed E-state index contributed by atoms with van der Waals surface area (Å²) in [5.74, 6) is -0.279. The van der Waals surface area contributed by atoms with Gasteiger partial charge in [-0.3, -0.25) is 4.90 Å². The van der Waals surface area contributed by atoms with Crippen LogP contribution in [0, 0.1) is 11.6 Å². The van der Waals surface area contributed by atoms with Crippen LogP contribution in [0.4, 0.5) is 14.7 Å². The fourth-order valence-electron chi connectivity index (χ4n) is 3.31. The Morgan fingerprint density at radius 3 is 2.76 bits per heavy atom. The molecule has 2 aromatic rings. The van der Waals surface area contributed by atoms with Crippen LogP contribution in [0.3, 0.4) is 0 Å². The largest absolute Gasteiger partial charge is 0.378 e. The van der Waals surface area contributed by atoms with E-state index in [0.29, 0.717) is 31.9 Å². The third kappa shape index (κ3) is 3.62. The molecule has 0 radical (unpaired) electrons. The van der Waals surface area contributed by atoms with Gasteiger partial charge in [0.15, 0.2) is 0 Å². The van der Waals surface area contributed by atoms with E-state index in [2.05, 4.69) is 14.8 Å². The van der Waals surface area contributed by atoms with E-state index in [1.807, 2.05) is 6.20 Å². The number of morpholine rings is 1. The molecule has 0 bridgehead atoms. The number of anilines is 1. The summed E-state index contributed by atoms with van der Waals surface area (Å²) in [6, 6.07) is 3.75. The lowest BCUT2D eigenvalue weighted by Crippen LogP contribution is -2.38. The Morgan fingerprint density at radius 1 is 1.12 bits per heavy atom. The Hall–Kier alpha value is -2.12. The van der Waals surface area contributed by atoms with Gasteiger partial charge >= 0.3 is 0 Å². The first-order valence-corrected chi connectivity index (χ1v) is 8.53. The third-order valence-corrected chi connectivity index (χ3v) is 4.70. The first-order chi connectivity index (χ1) is 12.2. The highest BCUT2D eigenvalue weighted by Crippen LogP contribution is 2.22. The lowest BCUT2D eigenvalue weighted by atomic mass is 10.1. The monoisotopic (exact) mass is 346 g/mol. The molecule has 0 unspecified atom stereocenters. The molecule has 1 aromatic heterocycles. The zero-order valence-electron chi connectivity index (χ0n) is 13.9. The van der Waals surface area contributed by atoms with Crippen LogP contribution in [0.5, 0.6) is 0 Å².